The number of hydrogen-bond donors (Lipinski definition) is 0. The maximum absolute atomic E-state index is 5.33. The highest BCUT2D eigenvalue weighted by Crippen LogP contribution is 2.37. The van der Waals surface area contributed by atoms with Crippen molar-refractivity contribution in [2.24, 2.45) is 11.8 Å². The molecule has 0 aromatic heterocycles. The van der Waals surface area contributed by atoms with Crippen LogP contribution in [0, 0.1) is 11.8 Å². The van der Waals surface area contributed by atoms with E-state index in [4.69, 9.17) is 9.47 Å². The first kappa shape index (κ1) is 21.0. The second-order valence-electron chi connectivity index (χ2n) is 8.70. The molecule has 30 heavy (non-hydrogen) atoms. The van der Waals surface area contributed by atoms with Crippen LogP contribution in [0.1, 0.15) is 24.0 Å². The maximum atomic E-state index is 5.33. The lowest BCUT2D eigenvalue weighted by Crippen LogP contribution is -2.56. The summed E-state index contributed by atoms with van der Waals surface area (Å²) in [6.07, 6.45) is 4.79. The minimum absolute atomic E-state index is 0.636. The fraction of sp³-hybridized carbons (Fsp3) is 0.462. The normalized spacial score (nSPS) is 25.3. The summed E-state index contributed by atoms with van der Waals surface area (Å²) in [7, 11) is 3.43. The lowest BCUT2D eigenvalue weighted by molar-refractivity contribution is 0.000114. The van der Waals surface area contributed by atoms with E-state index in [2.05, 4.69) is 71.0 Å². The Morgan fingerprint density at radius 1 is 0.967 bits per heavy atom. The van der Waals surface area contributed by atoms with Crippen molar-refractivity contribution in [2.75, 3.05) is 33.9 Å². The lowest BCUT2D eigenvalue weighted by Gasteiger charge is -2.50. The van der Waals surface area contributed by atoms with Gasteiger partial charge in [-0.1, -0.05) is 30.3 Å². The summed E-state index contributed by atoms with van der Waals surface area (Å²) in [5.41, 5.74) is 2.65. The van der Waals surface area contributed by atoms with Crippen molar-refractivity contribution in [2.45, 2.75) is 32.0 Å². The summed E-state index contributed by atoms with van der Waals surface area (Å²) in [6.45, 7) is 9.46. The lowest BCUT2D eigenvalue weighted by atomic mass is 9.75. The van der Waals surface area contributed by atoms with Gasteiger partial charge in [0.15, 0.2) is 0 Å². The van der Waals surface area contributed by atoms with Gasteiger partial charge in [-0.2, -0.15) is 0 Å². The van der Waals surface area contributed by atoms with Crippen molar-refractivity contribution < 1.29 is 9.47 Å². The molecule has 3 aliphatic rings. The second kappa shape index (κ2) is 9.67. The highest BCUT2D eigenvalue weighted by Gasteiger charge is 2.39. The van der Waals surface area contributed by atoms with Crippen LogP contribution in [-0.4, -0.2) is 49.7 Å². The van der Waals surface area contributed by atoms with Gasteiger partial charge in [-0.05, 0) is 66.6 Å². The molecule has 5 rings (SSSR count). The van der Waals surface area contributed by atoms with Crippen molar-refractivity contribution in [1.82, 2.24) is 9.80 Å². The predicted molar refractivity (Wildman–Crippen MR) is 122 cm³/mol. The van der Waals surface area contributed by atoms with Crippen molar-refractivity contribution in [3.63, 3.8) is 0 Å². The molecular weight excluding hydrogens is 372 g/mol. The zero-order valence-electron chi connectivity index (χ0n) is 18.3. The third-order valence-corrected chi connectivity index (χ3v) is 6.83. The van der Waals surface area contributed by atoms with Gasteiger partial charge in [0.2, 0.25) is 0 Å². The van der Waals surface area contributed by atoms with Crippen LogP contribution in [0.4, 0.5) is 0 Å². The molecule has 3 fully saturated rings. The molecule has 4 unspecified atom stereocenters. The fourth-order valence-electron chi connectivity index (χ4n) is 5.10. The standard InChI is InChI=1S/C26H34N2O2/c1-4-22-18-28-14-13-23(22)15-24(28)19-27(16-20-5-9-25(29-2)10-6-20)17-21-7-11-26(30-3)12-8-21/h4-12,22-24H,1,13-19H2,2-3H3. The molecule has 0 amide bonds. The molecule has 2 bridgehead atoms. The Morgan fingerprint density at radius 2 is 1.53 bits per heavy atom. The number of ether oxygens (including phenoxy) is 2. The number of piperidine rings is 3. The summed E-state index contributed by atoms with van der Waals surface area (Å²) in [6, 6.07) is 17.6. The zero-order valence-corrected chi connectivity index (χ0v) is 18.3. The van der Waals surface area contributed by atoms with E-state index >= 15 is 0 Å². The van der Waals surface area contributed by atoms with Gasteiger partial charge in [0.1, 0.15) is 11.5 Å². The molecule has 4 heteroatoms. The summed E-state index contributed by atoms with van der Waals surface area (Å²) < 4.78 is 10.7. The van der Waals surface area contributed by atoms with Crippen LogP contribution in [0.2, 0.25) is 0 Å². The number of hydrogen-bond acceptors (Lipinski definition) is 4. The topological polar surface area (TPSA) is 24.9 Å². The molecule has 4 nitrogen and oxygen atoms in total. The van der Waals surface area contributed by atoms with Crippen molar-refractivity contribution in [3.05, 3.63) is 72.3 Å². The molecule has 4 atom stereocenters. The molecule has 2 aromatic rings. The highest BCUT2D eigenvalue weighted by atomic mass is 16.5. The Bertz CT molecular complexity index is 768. The predicted octanol–water partition coefficient (Wildman–Crippen LogP) is 4.60. The first-order valence-corrected chi connectivity index (χ1v) is 11.0. The van der Waals surface area contributed by atoms with E-state index in [0.717, 1.165) is 37.1 Å². The average Bonchev–Trinajstić information content (AvgIpc) is 2.80. The molecule has 0 saturated carbocycles. The smallest absolute Gasteiger partial charge is 0.118 e. The molecule has 3 aliphatic heterocycles. The number of nitrogens with zero attached hydrogens (tertiary/aromatic N) is 2. The van der Waals surface area contributed by atoms with E-state index in [9.17, 15) is 0 Å². The largest absolute Gasteiger partial charge is 0.497 e. The van der Waals surface area contributed by atoms with Gasteiger partial charge in [-0.25, -0.2) is 0 Å². The number of rotatable bonds is 9. The van der Waals surface area contributed by atoms with E-state index in [1.54, 1.807) is 14.2 Å². The van der Waals surface area contributed by atoms with Crippen LogP contribution in [0.3, 0.4) is 0 Å². The number of fused-ring (bicyclic) bond motifs is 3. The van der Waals surface area contributed by atoms with Crippen molar-refractivity contribution in [1.29, 1.82) is 0 Å². The van der Waals surface area contributed by atoms with E-state index in [-0.39, 0.29) is 0 Å². The van der Waals surface area contributed by atoms with Crippen molar-refractivity contribution in [3.8, 4) is 11.5 Å². The van der Waals surface area contributed by atoms with Gasteiger partial charge in [-0.3, -0.25) is 9.80 Å². The minimum Gasteiger partial charge on any atom is -0.497 e. The summed E-state index contributed by atoms with van der Waals surface area (Å²) in [5, 5.41) is 0. The Morgan fingerprint density at radius 3 is 1.97 bits per heavy atom. The third kappa shape index (κ3) is 4.88. The number of benzene rings is 2. The molecule has 0 spiro atoms. The van der Waals surface area contributed by atoms with Gasteiger partial charge in [-0.15, -0.1) is 6.58 Å². The monoisotopic (exact) mass is 406 g/mol. The first-order valence-electron chi connectivity index (χ1n) is 11.0. The van der Waals surface area contributed by atoms with Gasteiger partial charge in [0.25, 0.3) is 0 Å². The SMILES string of the molecule is C=CC1CN2CCC1CC2CN(Cc1ccc(OC)cc1)Cc1ccc(OC)cc1. The Balaban J connectivity index is 1.48. The van der Waals surface area contributed by atoms with E-state index in [1.165, 1.54) is 37.1 Å². The number of methoxy groups -OCH3 is 2. The van der Waals surface area contributed by atoms with Crippen LogP contribution in [0.5, 0.6) is 11.5 Å². The third-order valence-electron chi connectivity index (χ3n) is 6.83. The maximum Gasteiger partial charge on any atom is 0.118 e. The molecule has 0 radical (unpaired) electrons. The van der Waals surface area contributed by atoms with E-state index in [1.807, 2.05) is 0 Å². The quantitative estimate of drug-likeness (QED) is 0.568. The van der Waals surface area contributed by atoms with Crippen LogP contribution < -0.4 is 9.47 Å². The van der Waals surface area contributed by atoms with Crippen LogP contribution >= 0.6 is 0 Å². The Kier molecular flexibility index (Phi) is 6.76. The van der Waals surface area contributed by atoms with Gasteiger partial charge >= 0.3 is 0 Å². The Labute approximate surface area is 181 Å². The van der Waals surface area contributed by atoms with Gasteiger partial charge in [0, 0.05) is 32.2 Å². The van der Waals surface area contributed by atoms with Crippen LogP contribution in [0.15, 0.2) is 61.2 Å². The zero-order chi connectivity index (χ0) is 20.9. The summed E-state index contributed by atoms with van der Waals surface area (Å²) in [5.74, 6) is 3.30. The molecule has 2 aromatic carbocycles. The van der Waals surface area contributed by atoms with Crippen LogP contribution in [-0.2, 0) is 13.1 Å². The van der Waals surface area contributed by atoms with Crippen LogP contribution in [0.25, 0.3) is 0 Å². The summed E-state index contributed by atoms with van der Waals surface area (Å²) in [4.78, 5) is 5.29. The summed E-state index contributed by atoms with van der Waals surface area (Å²) >= 11 is 0. The molecule has 0 N–H and O–H groups in total. The Hall–Kier alpha value is -2.30. The second-order valence-corrected chi connectivity index (χ2v) is 8.70. The first-order chi connectivity index (χ1) is 14.7. The molecular formula is C26H34N2O2. The molecule has 3 heterocycles. The van der Waals surface area contributed by atoms with E-state index in [0.29, 0.717) is 12.0 Å². The minimum atomic E-state index is 0.636. The molecule has 160 valence electrons. The fourth-order valence-corrected chi connectivity index (χ4v) is 5.10. The molecule has 3 saturated heterocycles. The van der Waals surface area contributed by atoms with Crippen molar-refractivity contribution >= 4 is 0 Å². The van der Waals surface area contributed by atoms with E-state index < -0.39 is 0 Å². The van der Waals surface area contributed by atoms with Gasteiger partial charge in [0.05, 0.1) is 14.2 Å². The average molecular weight is 407 g/mol. The molecule has 0 aliphatic carbocycles. The highest BCUT2D eigenvalue weighted by molar-refractivity contribution is 5.28. The van der Waals surface area contributed by atoms with Gasteiger partial charge < -0.3 is 9.47 Å².